The van der Waals surface area contributed by atoms with Gasteiger partial charge >= 0.3 is 0 Å². The number of allylic oxidation sites excluding steroid dienone is 1. The fourth-order valence-electron chi connectivity index (χ4n) is 3.42. The van der Waals surface area contributed by atoms with Gasteiger partial charge in [0.05, 0.1) is 14.2 Å². The SMILES string of the molecule is C=CCc1cc(C(=O)NCc2ccc(N3CCCC3)nc2)cc(OC)c1OC. The number of nitrogens with one attached hydrogen (secondary N) is 1. The number of anilines is 1. The van der Waals surface area contributed by atoms with Crippen molar-refractivity contribution in [3.8, 4) is 11.5 Å². The molecule has 1 aliphatic rings. The molecule has 148 valence electrons. The second-order valence-corrected chi connectivity index (χ2v) is 6.77. The molecule has 0 aliphatic carbocycles. The van der Waals surface area contributed by atoms with E-state index in [-0.39, 0.29) is 5.91 Å². The highest BCUT2D eigenvalue weighted by molar-refractivity contribution is 5.95. The first kappa shape index (κ1) is 19.7. The second kappa shape index (κ2) is 9.26. The minimum Gasteiger partial charge on any atom is -0.493 e. The Labute approximate surface area is 166 Å². The van der Waals surface area contributed by atoms with Gasteiger partial charge in [0.25, 0.3) is 5.91 Å². The Bertz CT molecular complexity index is 828. The number of ether oxygens (including phenoxy) is 2. The molecule has 0 spiro atoms. The maximum Gasteiger partial charge on any atom is 0.251 e. The Morgan fingerprint density at radius 3 is 2.64 bits per heavy atom. The lowest BCUT2D eigenvalue weighted by atomic mass is 10.0. The van der Waals surface area contributed by atoms with Crippen molar-refractivity contribution in [3.63, 3.8) is 0 Å². The van der Waals surface area contributed by atoms with E-state index >= 15 is 0 Å². The third-order valence-corrected chi connectivity index (χ3v) is 4.87. The van der Waals surface area contributed by atoms with Crippen LogP contribution in [0.15, 0.2) is 43.1 Å². The zero-order valence-electron chi connectivity index (χ0n) is 16.5. The van der Waals surface area contributed by atoms with Crippen molar-refractivity contribution in [2.45, 2.75) is 25.8 Å². The van der Waals surface area contributed by atoms with Gasteiger partial charge in [-0.1, -0.05) is 12.1 Å². The summed E-state index contributed by atoms with van der Waals surface area (Å²) in [6, 6.07) is 7.53. The van der Waals surface area contributed by atoms with Gasteiger partial charge in [-0.05, 0) is 43.0 Å². The van der Waals surface area contributed by atoms with Crippen LogP contribution in [0.4, 0.5) is 5.82 Å². The van der Waals surface area contributed by atoms with E-state index < -0.39 is 0 Å². The van der Waals surface area contributed by atoms with Crippen LogP contribution in [0.25, 0.3) is 0 Å². The molecule has 2 aromatic rings. The normalized spacial score (nSPS) is 13.3. The molecule has 1 aromatic carbocycles. The lowest BCUT2D eigenvalue weighted by Crippen LogP contribution is -2.23. The molecule has 6 nitrogen and oxygen atoms in total. The van der Waals surface area contributed by atoms with Gasteiger partial charge in [0.2, 0.25) is 0 Å². The van der Waals surface area contributed by atoms with E-state index in [1.54, 1.807) is 26.4 Å². The van der Waals surface area contributed by atoms with Crippen LogP contribution in [0.1, 0.15) is 34.3 Å². The standard InChI is InChI=1S/C22H27N3O3/c1-4-7-17-12-18(13-19(27-2)21(17)28-3)22(26)24-15-16-8-9-20(23-14-16)25-10-5-6-11-25/h4,8-9,12-14H,1,5-7,10-11,15H2,2-3H3,(H,24,26). The molecular formula is C22H27N3O3. The van der Waals surface area contributed by atoms with E-state index in [1.165, 1.54) is 12.8 Å². The van der Waals surface area contributed by atoms with Crippen LogP contribution in [0.3, 0.4) is 0 Å². The Morgan fingerprint density at radius 2 is 2.04 bits per heavy atom. The third kappa shape index (κ3) is 4.44. The molecule has 0 atom stereocenters. The van der Waals surface area contributed by atoms with E-state index in [0.717, 1.165) is 30.0 Å². The number of carbonyl (C=O) groups excluding carboxylic acids is 1. The number of nitrogens with zero attached hydrogens (tertiary/aromatic N) is 2. The predicted octanol–water partition coefficient (Wildman–Crippen LogP) is 3.36. The van der Waals surface area contributed by atoms with Gasteiger partial charge in [-0.2, -0.15) is 0 Å². The molecule has 0 saturated carbocycles. The first-order valence-electron chi connectivity index (χ1n) is 9.50. The molecule has 0 radical (unpaired) electrons. The van der Waals surface area contributed by atoms with Gasteiger partial charge in [-0.25, -0.2) is 4.98 Å². The van der Waals surface area contributed by atoms with E-state index in [1.807, 2.05) is 24.4 Å². The topological polar surface area (TPSA) is 63.7 Å². The van der Waals surface area contributed by atoms with Crippen molar-refractivity contribution < 1.29 is 14.3 Å². The molecule has 0 unspecified atom stereocenters. The van der Waals surface area contributed by atoms with Crippen molar-refractivity contribution in [1.29, 1.82) is 0 Å². The molecule has 1 aliphatic heterocycles. The van der Waals surface area contributed by atoms with Gasteiger partial charge in [0.1, 0.15) is 5.82 Å². The van der Waals surface area contributed by atoms with Crippen molar-refractivity contribution in [2.24, 2.45) is 0 Å². The number of rotatable bonds is 8. The lowest BCUT2D eigenvalue weighted by molar-refractivity contribution is 0.0950. The molecule has 1 N–H and O–H groups in total. The highest BCUT2D eigenvalue weighted by Crippen LogP contribution is 2.33. The summed E-state index contributed by atoms with van der Waals surface area (Å²) in [5.41, 5.74) is 2.35. The average molecular weight is 381 g/mol. The smallest absolute Gasteiger partial charge is 0.251 e. The molecule has 1 amide bonds. The molecule has 1 aromatic heterocycles. The molecule has 1 fully saturated rings. The Hall–Kier alpha value is -3.02. The van der Waals surface area contributed by atoms with E-state index in [2.05, 4.69) is 21.8 Å². The minimum atomic E-state index is -0.171. The van der Waals surface area contributed by atoms with Crippen LogP contribution in [-0.4, -0.2) is 38.2 Å². The first-order chi connectivity index (χ1) is 13.7. The average Bonchev–Trinajstić information content (AvgIpc) is 3.27. The zero-order valence-corrected chi connectivity index (χ0v) is 16.5. The number of pyridine rings is 1. The molecular weight excluding hydrogens is 354 g/mol. The number of aromatic nitrogens is 1. The summed E-state index contributed by atoms with van der Waals surface area (Å²) in [6.07, 6.45) is 6.62. The quantitative estimate of drug-likeness (QED) is 0.711. The molecule has 2 heterocycles. The van der Waals surface area contributed by atoms with Crippen LogP contribution < -0.4 is 19.7 Å². The number of methoxy groups -OCH3 is 2. The monoisotopic (exact) mass is 381 g/mol. The van der Waals surface area contributed by atoms with Gasteiger partial charge in [-0.3, -0.25) is 4.79 Å². The van der Waals surface area contributed by atoms with E-state index in [0.29, 0.717) is 30.0 Å². The van der Waals surface area contributed by atoms with Crippen molar-refractivity contribution >= 4 is 11.7 Å². The maximum atomic E-state index is 12.7. The number of benzene rings is 1. The van der Waals surface area contributed by atoms with E-state index in [4.69, 9.17) is 9.47 Å². The molecule has 6 heteroatoms. The summed E-state index contributed by atoms with van der Waals surface area (Å²) in [5.74, 6) is 1.99. The highest BCUT2D eigenvalue weighted by atomic mass is 16.5. The summed E-state index contributed by atoms with van der Waals surface area (Å²) >= 11 is 0. The van der Waals surface area contributed by atoms with Gasteiger partial charge in [0, 0.05) is 37.0 Å². The second-order valence-electron chi connectivity index (χ2n) is 6.77. The highest BCUT2D eigenvalue weighted by Gasteiger charge is 2.16. The van der Waals surface area contributed by atoms with Gasteiger partial charge < -0.3 is 19.7 Å². The van der Waals surface area contributed by atoms with Crippen LogP contribution in [0.5, 0.6) is 11.5 Å². The first-order valence-corrected chi connectivity index (χ1v) is 9.50. The number of amides is 1. The van der Waals surface area contributed by atoms with Crippen LogP contribution >= 0.6 is 0 Å². The maximum absolute atomic E-state index is 12.7. The Kier molecular flexibility index (Phi) is 6.53. The minimum absolute atomic E-state index is 0.171. The number of hydrogen-bond acceptors (Lipinski definition) is 5. The largest absolute Gasteiger partial charge is 0.493 e. The molecule has 1 saturated heterocycles. The van der Waals surface area contributed by atoms with Crippen LogP contribution in [0, 0.1) is 0 Å². The summed E-state index contributed by atoms with van der Waals surface area (Å²) in [5, 5.41) is 2.95. The summed E-state index contributed by atoms with van der Waals surface area (Å²) in [4.78, 5) is 19.5. The lowest BCUT2D eigenvalue weighted by Gasteiger charge is -2.16. The number of carbonyl (C=O) groups is 1. The summed E-state index contributed by atoms with van der Waals surface area (Å²) < 4.78 is 10.8. The zero-order chi connectivity index (χ0) is 19.9. The van der Waals surface area contributed by atoms with Gasteiger partial charge in [0.15, 0.2) is 11.5 Å². The van der Waals surface area contributed by atoms with E-state index in [9.17, 15) is 4.79 Å². The Balaban J connectivity index is 1.68. The number of hydrogen-bond donors (Lipinski definition) is 1. The third-order valence-electron chi connectivity index (χ3n) is 4.87. The molecule has 28 heavy (non-hydrogen) atoms. The van der Waals surface area contributed by atoms with Crippen molar-refractivity contribution in [2.75, 3.05) is 32.2 Å². The van der Waals surface area contributed by atoms with Gasteiger partial charge in [-0.15, -0.1) is 6.58 Å². The van der Waals surface area contributed by atoms with Crippen molar-refractivity contribution in [1.82, 2.24) is 10.3 Å². The summed E-state index contributed by atoms with van der Waals surface area (Å²) in [6.45, 7) is 6.31. The molecule has 3 rings (SSSR count). The molecule has 0 bridgehead atoms. The summed E-state index contributed by atoms with van der Waals surface area (Å²) in [7, 11) is 3.15. The predicted molar refractivity (Wildman–Crippen MR) is 110 cm³/mol. The van der Waals surface area contributed by atoms with Crippen LogP contribution in [0.2, 0.25) is 0 Å². The Morgan fingerprint density at radius 1 is 1.25 bits per heavy atom. The van der Waals surface area contributed by atoms with Crippen LogP contribution in [-0.2, 0) is 13.0 Å². The fourth-order valence-corrected chi connectivity index (χ4v) is 3.42. The van der Waals surface area contributed by atoms with Crippen molar-refractivity contribution in [3.05, 3.63) is 59.8 Å². The fraction of sp³-hybridized carbons (Fsp3) is 0.364.